The molecule has 2 heteroatoms. The van der Waals surface area contributed by atoms with Crippen LogP contribution in [0.1, 0.15) is 53.3 Å². The van der Waals surface area contributed by atoms with Crippen molar-refractivity contribution >= 4 is 11.6 Å². The third-order valence-electron chi connectivity index (χ3n) is 4.67. The molecule has 2 aliphatic carbocycles. The largest absolute Gasteiger partial charge is 0.294 e. The van der Waals surface area contributed by atoms with Gasteiger partial charge < -0.3 is 0 Å². The van der Waals surface area contributed by atoms with Crippen molar-refractivity contribution in [2.45, 2.75) is 32.6 Å². The standard InChI is InChI=1S/C16H18O2/c1-2-10-7-8-13-14(9-10)16(18)12-6-4-3-5-11(12)15(13)17/h3-6,10,13-14H,2,7-9H2,1H3. The van der Waals surface area contributed by atoms with Crippen LogP contribution in [0.3, 0.4) is 0 Å². The molecule has 3 unspecified atom stereocenters. The molecule has 0 aromatic heterocycles. The van der Waals surface area contributed by atoms with E-state index in [1.165, 1.54) is 0 Å². The van der Waals surface area contributed by atoms with Crippen molar-refractivity contribution in [1.82, 2.24) is 0 Å². The van der Waals surface area contributed by atoms with Crippen LogP contribution < -0.4 is 0 Å². The zero-order valence-electron chi connectivity index (χ0n) is 10.7. The average Bonchev–Trinajstić information content (AvgIpc) is 2.44. The van der Waals surface area contributed by atoms with Crippen molar-refractivity contribution in [3.8, 4) is 0 Å². The number of benzene rings is 1. The molecule has 1 aromatic rings. The minimum Gasteiger partial charge on any atom is -0.294 e. The van der Waals surface area contributed by atoms with Crippen molar-refractivity contribution in [2.24, 2.45) is 17.8 Å². The van der Waals surface area contributed by atoms with Gasteiger partial charge in [0, 0.05) is 23.0 Å². The van der Waals surface area contributed by atoms with E-state index in [1.54, 1.807) is 12.1 Å². The van der Waals surface area contributed by atoms with Crippen molar-refractivity contribution in [1.29, 1.82) is 0 Å². The van der Waals surface area contributed by atoms with Gasteiger partial charge >= 0.3 is 0 Å². The molecule has 0 spiro atoms. The fourth-order valence-corrected chi connectivity index (χ4v) is 3.54. The number of hydrogen-bond acceptors (Lipinski definition) is 2. The Morgan fingerprint density at radius 2 is 1.61 bits per heavy atom. The molecule has 0 saturated heterocycles. The molecular weight excluding hydrogens is 224 g/mol. The molecule has 0 amide bonds. The molecule has 2 aliphatic rings. The summed E-state index contributed by atoms with van der Waals surface area (Å²) in [7, 11) is 0. The van der Waals surface area contributed by atoms with Crippen molar-refractivity contribution in [2.75, 3.05) is 0 Å². The van der Waals surface area contributed by atoms with E-state index in [0.717, 1.165) is 25.7 Å². The Hall–Kier alpha value is -1.44. The van der Waals surface area contributed by atoms with Gasteiger partial charge in [-0.1, -0.05) is 37.6 Å². The van der Waals surface area contributed by atoms with Crippen LogP contribution in [0, 0.1) is 17.8 Å². The lowest BCUT2D eigenvalue weighted by atomic mass is 9.64. The van der Waals surface area contributed by atoms with Crippen molar-refractivity contribution < 1.29 is 9.59 Å². The van der Waals surface area contributed by atoms with Gasteiger partial charge in [-0.05, 0) is 25.2 Å². The van der Waals surface area contributed by atoms with Gasteiger partial charge in [-0.15, -0.1) is 0 Å². The van der Waals surface area contributed by atoms with E-state index >= 15 is 0 Å². The van der Waals surface area contributed by atoms with E-state index in [4.69, 9.17) is 0 Å². The highest BCUT2D eigenvalue weighted by Gasteiger charge is 2.43. The molecule has 0 bridgehead atoms. The molecule has 18 heavy (non-hydrogen) atoms. The molecule has 3 rings (SSSR count). The second kappa shape index (κ2) is 4.34. The number of ketones is 2. The first-order valence-corrected chi connectivity index (χ1v) is 6.89. The minimum atomic E-state index is -0.0499. The van der Waals surface area contributed by atoms with Crippen LogP contribution in [0.5, 0.6) is 0 Å². The fraction of sp³-hybridized carbons (Fsp3) is 0.500. The van der Waals surface area contributed by atoms with E-state index in [1.807, 2.05) is 12.1 Å². The maximum absolute atomic E-state index is 12.5. The summed E-state index contributed by atoms with van der Waals surface area (Å²) in [5.41, 5.74) is 1.30. The number of carbonyl (C=O) groups is 2. The first kappa shape index (κ1) is 11.6. The molecule has 0 N–H and O–H groups in total. The molecule has 2 nitrogen and oxygen atoms in total. The van der Waals surface area contributed by atoms with Crippen molar-refractivity contribution in [3.63, 3.8) is 0 Å². The lowest BCUT2D eigenvalue weighted by Crippen LogP contribution is -2.40. The third kappa shape index (κ3) is 1.63. The number of carbonyl (C=O) groups excluding carboxylic acids is 2. The Bertz CT molecular complexity index is 504. The summed E-state index contributed by atoms with van der Waals surface area (Å²) in [5.74, 6) is 0.924. The minimum absolute atomic E-state index is 0.0461. The lowest BCUT2D eigenvalue weighted by Gasteiger charge is -2.37. The molecule has 0 aliphatic heterocycles. The second-order valence-electron chi connectivity index (χ2n) is 5.57. The van der Waals surface area contributed by atoms with Crippen LogP contribution in [0.25, 0.3) is 0 Å². The average molecular weight is 242 g/mol. The Morgan fingerprint density at radius 3 is 2.22 bits per heavy atom. The highest BCUT2D eigenvalue weighted by molar-refractivity contribution is 6.16. The van der Waals surface area contributed by atoms with Gasteiger partial charge in [0.1, 0.15) is 0 Å². The van der Waals surface area contributed by atoms with Crippen LogP contribution in [-0.2, 0) is 0 Å². The molecule has 1 fully saturated rings. The highest BCUT2D eigenvalue weighted by atomic mass is 16.1. The molecule has 3 atom stereocenters. The van der Waals surface area contributed by atoms with E-state index < -0.39 is 0 Å². The predicted octanol–water partition coefficient (Wildman–Crippen LogP) is 3.51. The summed E-state index contributed by atoms with van der Waals surface area (Å²) in [6.07, 6.45) is 4.01. The first-order valence-electron chi connectivity index (χ1n) is 6.89. The highest BCUT2D eigenvalue weighted by Crippen LogP contribution is 2.42. The quantitative estimate of drug-likeness (QED) is 0.755. The maximum atomic E-state index is 12.5. The third-order valence-corrected chi connectivity index (χ3v) is 4.67. The van der Waals surface area contributed by atoms with E-state index in [0.29, 0.717) is 17.0 Å². The molecule has 94 valence electrons. The maximum Gasteiger partial charge on any atom is 0.167 e. The second-order valence-corrected chi connectivity index (χ2v) is 5.57. The van der Waals surface area contributed by atoms with Crippen LogP contribution in [0.15, 0.2) is 24.3 Å². The van der Waals surface area contributed by atoms with Gasteiger partial charge in [-0.25, -0.2) is 0 Å². The monoisotopic (exact) mass is 242 g/mol. The van der Waals surface area contributed by atoms with E-state index in [2.05, 4.69) is 6.92 Å². The zero-order chi connectivity index (χ0) is 12.7. The first-order chi connectivity index (χ1) is 8.72. The molecule has 0 radical (unpaired) electrons. The summed E-state index contributed by atoms with van der Waals surface area (Å²) in [6.45, 7) is 2.17. The van der Waals surface area contributed by atoms with Gasteiger partial charge in [0.25, 0.3) is 0 Å². The van der Waals surface area contributed by atoms with Gasteiger partial charge in [-0.3, -0.25) is 9.59 Å². The van der Waals surface area contributed by atoms with E-state index in [9.17, 15) is 9.59 Å². The number of Topliss-reactive ketones (excluding diaryl/α,β-unsaturated/α-hetero) is 2. The fourth-order valence-electron chi connectivity index (χ4n) is 3.54. The Morgan fingerprint density at radius 1 is 1.00 bits per heavy atom. The van der Waals surface area contributed by atoms with Crippen LogP contribution >= 0.6 is 0 Å². The topological polar surface area (TPSA) is 34.1 Å². The number of rotatable bonds is 1. The molecule has 1 saturated carbocycles. The van der Waals surface area contributed by atoms with Crippen LogP contribution in [-0.4, -0.2) is 11.6 Å². The van der Waals surface area contributed by atoms with Gasteiger partial charge in [0.15, 0.2) is 11.6 Å². The van der Waals surface area contributed by atoms with Crippen molar-refractivity contribution in [3.05, 3.63) is 35.4 Å². The van der Waals surface area contributed by atoms with Crippen LogP contribution in [0.2, 0.25) is 0 Å². The molecule has 0 heterocycles. The van der Waals surface area contributed by atoms with E-state index in [-0.39, 0.29) is 23.4 Å². The summed E-state index contributed by atoms with van der Waals surface area (Å²) >= 11 is 0. The van der Waals surface area contributed by atoms with Crippen LogP contribution in [0.4, 0.5) is 0 Å². The smallest absolute Gasteiger partial charge is 0.167 e. The molecule has 1 aromatic carbocycles. The summed E-state index contributed by atoms with van der Waals surface area (Å²) < 4.78 is 0. The molecular formula is C16H18O2. The lowest BCUT2D eigenvalue weighted by molar-refractivity contribution is 0.0627. The number of fused-ring (bicyclic) bond motifs is 2. The zero-order valence-corrected chi connectivity index (χ0v) is 10.7. The summed E-state index contributed by atoms with van der Waals surface area (Å²) in [5, 5.41) is 0. The van der Waals surface area contributed by atoms with Gasteiger partial charge in [0.2, 0.25) is 0 Å². The Labute approximate surface area is 107 Å². The summed E-state index contributed by atoms with van der Waals surface area (Å²) in [4.78, 5) is 24.9. The van der Waals surface area contributed by atoms with Gasteiger partial charge in [0.05, 0.1) is 0 Å². The Kier molecular flexibility index (Phi) is 2.81. The SMILES string of the molecule is CCC1CCC2C(=O)c3ccccc3C(=O)C2C1. The normalized spacial score (nSPS) is 30.8. The Balaban J connectivity index is 2.01. The summed E-state index contributed by atoms with van der Waals surface area (Å²) in [6, 6.07) is 7.31. The predicted molar refractivity (Wildman–Crippen MR) is 69.7 cm³/mol. The number of hydrogen-bond donors (Lipinski definition) is 0. The van der Waals surface area contributed by atoms with Gasteiger partial charge in [-0.2, -0.15) is 0 Å².